The SMILES string of the molecule is CN(CCc1ccc(Nc2c(C(=O)C3CC3)cnc3ccc(-c4cc(F)c(O)c(Cl)c4)cc23)cc1)C1CC1. The number of carbonyl (C=O) groups is 1. The lowest BCUT2D eigenvalue weighted by Gasteiger charge is -2.17. The number of ketones is 1. The van der Waals surface area contributed by atoms with E-state index >= 15 is 0 Å². The zero-order valence-electron chi connectivity index (χ0n) is 21.2. The van der Waals surface area contributed by atoms with Crippen LogP contribution < -0.4 is 5.32 Å². The van der Waals surface area contributed by atoms with Crippen molar-refractivity contribution in [2.24, 2.45) is 5.92 Å². The molecule has 3 aromatic carbocycles. The molecule has 2 fully saturated rings. The number of aromatic nitrogens is 1. The number of nitrogens with one attached hydrogen (secondary N) is 1. The molecule has 38 heavy (non-hydrogen) atoms. The molecular formula is C31H29ClFN3O2. The van der Waals surface area contributed by atoms with Gasteiger partial charge in [0.2, 0.25) is 0 Å². The number of phenols is 1. The molecule has 0 bridgehead atoms. The van der Waals surface area contributed by atoms with Gasteiger partial charge in [-0.15, -0.1) is 0 Å². The minimum Gasteiger partial charge on any atom is -0.504 e. The first-order valence-corrected chi connectivity index (χ1v) is 13.5. The van der Waals surface area contributed by atoms with E-state index in [1.807, 2.05) is 30.3 Å². The molecule has 1 heterocycles. The summed E-state index contributed by atoms with van der Waals surface area (Å²) in [4.78, 5) is 20.2. The predicted molar refractivity (Wildman–Crippen MR) is 150 cm³/mol. The van der Waals surface area contributed by atoms with Crippen molar-refractivity contribution in [2.45, 2.75) is 38.1 Å². The summed E-state index contributed by atoms with van der Waals surface area (Å²) in [7, 11) is 2.19. The van der Waals surface area contributed by atoms with Crippen LogP contribution in [-0.2, 0) is 6.42 Å². The number of carbonyl (C=O) groups excluding carboxylic acids is 1. The number of Topliss-reactive ketones (excluding diaryl/α,β-unsaturated/α-hetero) is 1. The molecular weight excluding hydrogens is 501 g/mol. The molecule has 194 valence electrons. The number of hydrogen-bond donors (Lipinski definition) is 2. The summed E-state index contributed by atoms with van der Waals surface area (Å²) in [6.07, 6.45) is 7.04. The zero-order chi connectivity index (χ0) is 26.4. The van der Waals surface area contributed by atoms with Crippen molar-refractivity contribution >= 4 is 39.7 Å². The Morgan fingerprint density at radius 1 is 1.08 bits per heavy atom. The van der Waals surface area contributed by atoms with Crippen LogP contribution in [0.4, 0.5) is 15.8 Å². The number of likely N-dealkylation sites (N-methyl/N-ethyl adjacent to an activating group) is 1. The van der Waals surface area contributed by atoms with Crippen LogP contribution in [0.5, 0.6) is 5.75 Å². The molecule has 7 heteroatoms. The smallest absolute Gasteiger partial charge is 0.170 e. The first-order valence-electron chi connectivity index (χ1n) is 13.1. The molecule has 1 aromatic heterocycles. The van der Waals surface area contributed by atoms with E-state index in [9.17, 15) is 14.3 Å². The Labute approximate surface area is 226 Å². The van der Waals surface area contributed by atoms with E-state index in [4.69, 9.17) is 11.6 Å². The molecule has 0 atom stereocenters. The van der Waals surface area contributed by atoms with Crippen molar-refractivity contribution in [3.63, 3.8) is 0 Å². The Balaban J connectivity index is 1.35. The highest BCUT2D eigenvalue weighted by molar-refractivity contribution is 6.32. The van der Waals surface area contributed by atoms with E-state index in [0.717, 1.165) is 42.9 Å². The molecule has 0 saturated heterocycles. The van der Waals surface area contributed by atoms with Crippen LogP contribution in [0.3, 0.4) is 0 Å². The maximum Gasteiger partial charge on any atom is 0.170 e. The number of fused-ring (bicyclic) bond motifs is 1. The van der Waals surface area contributed by atoms with Gasteiger partial charge in [-0.05, 0) is 92.2 Å². The molecule has 2 N–H and O–H groups in total. The molecule has 0 radical (unpaired) electrons. The van der Waals surface area contributed by atoms with Gasteiger partial charge in [0.1, 0.15) is 0 Å². The molecule has 6 rings (SSSR count). The lowest BCUT2D eigenvalue weighted by Crippen LogP contribution is -2.23. The lowest BCUT2D eigenvalue weighted by atomic mass is 9.98. The number of aromatic hydroxyl groups is 1. The lowest BCUT2D eigenvalue weighted by molar-refractivity contribution is 0.0968. The van der Waals surface area contributed by atoms with Gasteiger partial charge in [-0.3, -0.25) is 9.78 Å². The second-order valence-corrected chi connectivity index (χ2v) is 10.9. The third-order valence-corrected chi connectivity index (χ3v) is 7.87. The minimum atomic E-state index is -0.787. The van der Waals surface area contributed by atoms with Crippen molar-refractivity contribution < 1.29 is 14.3 Å². The summed E-state index contributed by atoms with van der Waals surface area (Å²) in [5, 5.41) is 14.0. The number of pyridine rings is 1. The molecule has 4 aromatic rings. The first kappa shape index (κ1) is 24.8. The highest BCUT2D eigenvalue weighted by Crippen LogP contribution is 2.39. The van der Waals surface area contributed by atoms with Gasteiger partial charge in [0.05, 0.1) is 21.8 Å². The van der Waals surface area contributed by atoms with Gasteiger partial charge in [0.15, 0.2) is 17.3 Å². The maximum atomic E-state index is 14.2. The van der Waals surface area contributed by atoms with Crippen molar-refractivity contribution in [3.8, 4) is 16.9 Å². The number of rotatable bonds is 9. The summed E-state index contributed by atoms with van der Waals surface area (Å²) in [5.74, 6) is -1.23. The molecule has 2 aliphatic rings. The zero-order valence-corrected chi connectivity index (χ0v) is 21.9. The van der Waals surface area contributed by atoms with Crippen LogP contribution in [0.25, 0.3) is 22.0 Å². The third-order valence-electron chi connectivity index (χ3n) is 7.58. The fourth-order valence-electron chi connectivity index (χ4n) is 4.89. The summed E-state index contributed by atoms with van der Waals surface area (Å²) >= 11 is 6.04. The summed E-state index contributed by atoms with van der Waals surface area (Å²) in [6.45, 7) is 1.04. The third kappa shape index (κ3) is 5.11. The highest BCUT2D eigenvalue weighted by atomic mass is 35.5. The molecule has 2 saturated carbocycles. The Morgan fingerprint density at radius 3 is 2.53 bits per heavy atom. The minimum absolute atomic E-state index is 0.0359. The van der Waals surface area contributed by atoms with Gasteiger partial charge in [-0.1, -0.05) is 29.8 Å². The van der Waals surface area contributed by atoms with Gasteiger partial charge in [-0.2, -0.15) is 0 Å². The van der Waals surface area contributed by atoms with Crippen LogP contribution in [-0.4, -0.2) is 40.4 Å². The molecule has 5 nitrogen and oxygen atoms in total. The second kappa shape index (κ2) is 10.0. The standard InChI is InChI=1S/C31H29ClFN3O2/c1-36(23-9-10-23)13-12-18-2-7-22(8-3-18)35-29-24-14-20(21-15-26(32)31(38)27(33)16-21)6-11-28(24)34-17-25(29)30(37)19-4-5-19/h2-3,6-8,11,14-17,19,23,38H,4-5,9-10,12-13H2,1H3,(H,34,35). The first-order chi connectivity index (χ1) is 18.4. The predicted octanol–water partition coefficient (Wildman–Crippen LogP) is 7.37. The number of nitrogens with zero attached hydrogens (tertiary/aromatic N) is 2. The fraction of sp³-hybridized carbons (Fsp3) is 0.290. The summed E-state index contributed by atoms with van der Waals surface area (Å²) < 4.78 is 14.2. The quantitative estimate of drug-likeness (QED) is 0.221. The van der Waals surface area contributed by atoms with E-state index in [0.29, 0.717) is 27.9 Å². The number of hydrogen-bond acceptors (Lipinski definition) is 5. The Kier molecular flexibility index (Phi) is 6.54. The average Bonchev–Trinajstić information content (AvgIpc) is 3.83. The van der Waals surface area contributed by atoms with Gasteiger partial charge in [-0.25, -0.2) is 4.39 Å². The van der Waals surface area contributed by atoms with Gasteiger partial charge < -0.3 is 15.3 Å². The summed E-state index contributed by atoms with van der Waals surface area (Å²) in [5.41, 5.74) is 5.35. The van der Waals surface area contributed by atoms with Crippen molar-refractivity contribution in [1.82, 2.24) is 9.88 Å². The molecule has 0 aliphatic heterocycles. The van der Waals surface area contributed by atoms with Crippen LogP contribution in [0, 0.1) is 11.7 Å². The average molecular weight is 530 g/mol. The Hall–Kier alpha value is -3.48. The van der Waals surface area contributed by atoms with Gasteiger partial charge >= 0.3 is 0 Å². The van der Waals surface area contributed by atoms with Crippen LogP contribution in [0.15, 0.2) is 60.8 Å². The van der Waals surface area contributed by atoms with E-state index in [2.05, 4.69) is 34.4 Å². The van der Waals surface area contributed by atoms with E-state index in [1.54, 1.807) is 6.20 Å². The van der Waals surface area contributed by atoms with E-state index < -0.39 is 11.6 Å². The molecule has 2 aliphatic carbocycles. The van der Waals surface area contributed by atoms with Gasteiger partial charge in [0.25, 0.3) is 0 Å². The topological polar surface area (TPSA) is 65.5 Å². The largest absolute Gasteiger partial charge is 0.504 e. The maximum absolute atomic E-state index is 14.2. The molecule has 0 unspecified atom stereocenters. The fourth-order valence-corrected chi connectivity index (χ4v) is 5.10. The monoisotopic (exact) mass is 529 g/mol. The van der Waals surface area contributed by atoms with Crippen LogP contribution >= 0.6 is 11.6 Å². The second-order valence-electron chi connectivity index (χ2n) is 10.5. The van der Waals surface area contributed by atoms with Crippen molar-refractivity contribution in [1.29, 1.82) is 0 Å². The molecule has 0 spiro atoms. The molecule has 0 amide bonds. The van der Waals surface area contributed by atoms with Crippen molar-refractivity contribution in [2.75, 3.05) is 18.9 Å². The highest BCUT2D eigenvalue weighted by Gasteiger charge is 2.32. The number of phenolic OH excluding ortho intramolecular Hbond substituents is 1. The summed E-state index contributed by atoms with van der Waals surface area (Å²) in [6, 6.07) is 17.4. The number of anilines is 2. The van der Waals surface area contributed by atoms with Gasteiger partial charge in [0, 0.05) is 35.8 Å². The number of halogens is 2. The van der Waals surface area contributed by atoms with E-state index in [-0.39, 0.29) is 16.7 Å². The Bertz CT molecular complexity index is 1510. The normalized spacial score (nSPS) is 15.3. The van der Waals surface area contributed by atoms with E-state index in [1.165, 1.54) is 30.5 Å². The Morgan fingerprint density at radius 2 is 1.84 bits per heavy atom. The van der Waals surface area contributed by atoms with Crippen molar-refractivity contribution in [3.05, 3.63) is 82.8 Å². The van der Waals surface area contributed by atoms with Crippen LogP contribution in [0.1, 0.15) is 41.6 Å². The van der Waals surface area contributed by atoms with Crippen LogP contribution in [0.2, 0.25) is 5.02 Å². The number of benzene rings is 3.